The van der Waals surface area contributed by atoms with Crippen LogP contribution in [0.1, 0.15) is 0 Å². The average molecular weight is 200 g/mol. The summed E-state index contributed by atoms with van der Waals surface area (Å²) in [5.41, 5.74) is 0.565. The van der Waals surface area contributed by atoms with Crippen molar-refractivity contribution in [3.05, 3.63) is 23.5 Å². The van der Waals surface area contributed by atoms with Crippen molar-refractivity contribution in [3.8, 4) is 0 Å². The number of rotatable bonds is 1. The predicted molar refractivity (Wildman–Crippen MR) is 52.0 cm³/mol. The molecule has 13 heavy (non-hydrogen) atoms. The molecule has 0 spiro atoms. The van der Waals surface area contributed by atoms with Gasteiger partial charge >= 0.3 is 6.03 Å². The molecule has 0 aromatic carbocycles. The molecule has 0 saturated carbocycles. The monoisotopic (exact) mass is 199 g/mol. The molecule has 0 radical (unpaired) electrons. The van der Waals surface area contributed by atoms with E-state index in [1.54, 1.807) is 26.4 Å². The molecule has 0 atom stereocenters. The molecule has 2 amide bonds. The highest BCUT2D eigenvalue weighted by atomic mass is 35.5. The van der Waals surface area contributed by atoms with Crippen LogP contribution >= 0.6 is 11.6 Å². The first-order chi connectivity index (χ1) is 6.11. The number of halogens is 1. The maximum atomic E-state index is 11.2. The quantitative estimate of drug-likeness (QED) is 0.750. The molecule has 70 valence electrons. The zero-order valence-electron chi connectivity index (χ0n) is 7.41. The fourth-order valence-corrected chi connectivity index (χ4v) is 0.870. The van der Waals surface area contributed by atoms with Gasteiger partial charge in [0.05, 0.1) is 10.7 Å². The number of nitrogens with zero attached hydrogens (tertiary/aromatic N) is 2. The highest BCUT2D eigenvalue weighted by Crippen LogP contribution is 2.18. The Morgan fingerprint density at radius 3 is 2.85 bits per heavy atom. The van der Waals surface area contributed by atoms with Gasteiger partial charge in [-0.15, -0.1) is 0 Å². The number of urea groups is 1. The Balaban J connectivity index is 2.75. The van der Waals surface area contributed by atoms with Crippen molar-refractivity contribution in [2.75, 3.05) is 19.4 Å². The third-order valence-electron chi connectivity index (χ3n) is 1.42. The van der Waals surface area contributed by atoms with Crippen LogP contribution in [0.4, 0.5) is 10.5 Å². The zero-order chi connectivity index (χ0) is 9.84. The molecule has 5 heteroatoms. The summed E-state index contributed by atoms with van der Waals surface area (Å²) in [6.07, 6.45) is 3.05. The third-order valence-corrected chi connectivity index (χ3v) is 1.72. The Morgan fingerprint density at radius 2 is 2.31 bits per heavy atom. The highest BCUT2D eigenvalue weighted by molar-refractivity contribution is 6.33. The second-order valence-corrected chi connectivity index (χ2v) is 3.09. The number of carbonyl (C=O) groups is 1. The lowest BCUT2D eigenvalue weighted by Gasteiger charge is -2.12. The van der Waals surface area contributed by atoms with Gasteiger partial charge < -0.3 is 10.2 Å². The first-order valence-electron chi connectivity index (χ1n) is 3.69. The van der Waals surface area contributed by atoms with Crippen LogP contribution in [0.5, 0.6) is 0 Å². The smallest absolute Gasteiger partial charge is 0.321 e. The molecule has 1 N–H and O–H groups in total. The summed E-state index contributed by atoms with van der Waals surface area (Å²) in [6.45, 7) is 0. The maximum absolute atomic E-state index is 11.2. The Morgan fingerprint density at radius 1 is 1.62 bits per heavy atom. The van der Waals surface area contributed by atoms with Crippen LogP contribution in [0.25, 0.3) is 0 Å². The minimum atomic E-state index is -0.215. The van der Waals surface area contributed by atoms with Crippen molar-refractivity contribution in [1.82, 2.24) is 9.88 Å². The van der Waals surface area contributed by atoms with Crippen LogP contribution < -0.4 is 5.32 Å². The van der Waals surface area contributed by atoms with Gasteiger partial charge in [0.1, 0.15) is 0 Å². The predicted octanol–water partition coefficient (Wildman–Crippen LogP) is 1.83. The summed E-state index contributed by atoms with van der Waals surface area (Å²) in [5.74, 6) is 0. The van der Waals surface area contributed by atoms with Crippen molar-refractivity contribution >= 4 is 23.3 Å². The number of nitrogens with one attached hydrogen (secondary N) is 1. The number of hydrogen-bond donors (Lipinski definition) is 1. The number of carbonyl (C=O) groups excluding carboxylic acids is 1. The van der Waals surface area contributed by atoms with E-state index in [2.05, 4.69) is 10.3 Å². The molecule has 0 bridgehead atoms. The fourth-order valence-electron chi connectivity index (χ4n) is 0.704. The van der Waals surface area contributed by atoms with Crippen molar-refractivity contribution in [2.45, 2.75) is 0 Å². The van der Waals surface area contributed by atoms with Gasteiger partial charge in [-0.1, -0.05) is 11.6 Å². The van der Waals surface area contributed by atoms with Gasteiger partial charge in [-0.05, 0) is 6.07 Å². The second-order valence-electron chi connectivity index (χ2n) is 2.68. The van der Waals surface area contributed by atoms with E-state index in [0.717, 1.165) is 0 Å². The van der Waals surface area contributed by atoms with Crippen LogP contribution in [0, 0.1) is 0 Å². The summed E-state index contributed by atoms with van der Waals surface area (Å²) in [5, 5.41) is 3.05. The zero-order valence-corrected chi connectivity index (χ0v) is 8.17. The fraction of sp³-hybridized carbons (Fsp3) is 0.250. The topological polar surface area (TPSA) is 45.2 Å². The van der Waals surface area contributed by atoms with Gasteiger partial charge in [-0.3, -0.25) is 4.98 Å². The molecule has 0 aliphatic carbocycles. The van der Waals surface area contributed by atoms with Crippen LogP contribution in [0.3, 0.4) is 0 Å². The normalized spacial score (nSPS) is 9.46. The summed E-state index contributed by atoms with van der Waals surface area (Å²) in [7, 11) is 3.31. The molecule has 1 heterocycles. The van der Waals surface area contributed by atoms with Crippen molar-refractivity contribution in [3.63, 3.8) is 0 Å². The molecule has 0 aliphatic heterocycles. The minimum absolute atomic E-state index is 0.215. The lowest BCUT2D eigenvalue weighted by atomic mass is 10.4. The number of pyridine rings is 1. The summed E-state index contributed by atoms with van der Waals surface area (Å²) in [4.78, 5) is 16.4. The number of amides is 2. The number of aromatic nitrogens is 1. The minimum Gasteiger partial charge on any atom is -0.331 e. The van der Waals surface area contributed by atoms with E-state index < -0.39 is 0 Å². The molecule has 1 aromatic rings. The van der Waals surface area contributed by atoms with Crippen LogP contribution in [-0.4, -0.2) is 30.0 Å². The van der Waals surface area contributed by atoms with E-state index in [-0.39, 0.29) is 6.03 Å². The standard InChI is InChI=1S/C8H10ClN3O/c1-12(2)8(13)11-7-3-4-10-5-6(7)9/h3-5H,1-2H3,(H,10,11,13). The van der Waals surface area contributed by atoms with E-state index >= 15 is 0 Å². The van der Waals surface area contributed by atoms with Crippen LogP contribution in [0.2, 0.25) is 5.02 Å². The van der Waals surface area contributed by atoms with Gasteiger partial charge in [0.25, 0.3) is 0 Å². The average Bonchev–Trinajstić information content (AvgIpc) is 2.08. The third kappa shape index (κ3) is 2.59. The molecule has 1 aromatic heterocycles. The summed E-state index contributed by atoms with van der Waals surface area (Å²) >= 11 is 5.78. The van der Waals surface area contributed by atoms with Gasteiger partial charge in [0.2, 0.25) is 0 Å². The van der Waals surface area contributed by atoms with Gasteiger partial charge in [0, 0.05) is 26.5 Å². The molecular formula is C8H10ClN3O. The van der Waals surface area contributed by atoms with Gasteiger partial charge in [-0.2, -0.15) is 0 Å². The van der Waals surface area contributed by atoms with Crippen molar-refractivity contribution < 1.29 is 4.79 Å². The lowest BCUT2D eigenvalue weighted by Crippen LogP contribution is -2.27. The van der Waals surface area contributed by atoms with Crippen LogP contribution in [-0.2, 0) is 0 Å². The molecule has 0 unspecified atom stereocenters. The number of hydrogen-bond acceptors (Lipinski definition) is 2. The van der Waals surface area contributed by atoms with Crippen LogP contribution in [0.15, 0.2) is 18.5 Å². The highest BCUT2D eigenvalue weighted by Gasteiger charge is 2.05. The summed E-state index contributed by atoms with van der Waals surface area (Å²) in [6, 6.07) is 1.43. The first kappa shape index (κ1) is 9.80. The van der Waals surface area contributed by atoms with E-state index in [1.807, 2.05) is 0 Å². The Labute approximate surface area is 81.5 Å². The van der Waals surface area contributed by atoms with Gasteiger partial charge in [-0.25, -0.2) is 4.79 Å². The second kappa shape index (κ2) is 4.09. The Bertz CT molecular complexity index is 314. The van der Waals surface area contributed by atoms with E-state index in [9.17, 15) is 4.79 Å². The molecule has 1 rings (SSSR count). The van der Waals surface area contributed by atoms with E-state index in [1.165, 1.54) is 11.1 Å². The Kier molecular flexibility index (Phi) is 3.08. The largest absolute Gasteiger partial charge is 0.331 e. The number of anilines is 1. The van der Waals surface area contributed by atoms with Gasteiger partial charge in [0.15, 0.2) is 0 Å². The van der Waals surface area contributed by atoms with Crippen molar-refractivity contribution in [1.29, 1.82) is 0 Å². The SMILES string of the molecule is CN(C)C(=O)Nc1ccncc1Cl. The molecule has 0 saturated heterocycles. The molecule has 4 nitrogen and oxygen atoms in total. The lowest BCUT2D eigenvalue weighted by molar-refractivity contribution is 0.230. The molecular weight excluding hydrogens is 190 g/mol. The van der Waals surface area contributed by atoms with E-state index in [4.69, 9.17) is 11.6 Å². The van der Waals surface area contributed by atoms with Crippen molar-refractivity contribution in [2.24, 2.45) is 0 Å². The first-order valence-corrected chi connectivity index (χ1v) is 4.07. The summed E-state index contributed by atoms with van der Waals surface area (Å²) < 4.78 is 0. The van der Waals surface area contributed by atoms with E-state index in [0.29, 0.717) is 10.7 Å². The Hall–Kier alpha value is -1.29. The maximum Gasteiger partial charge on any atom is 0.321 e. The molecule has 0 aliphatic rings. The molecule has 0 fully saturated rings.